The molecule has 0 heterocycles. The largest absolute Gasteiger partial charge is 0.457 e. The molecule has 0 fully saturated rings. The molecule has 0 aromatic heterocycles. The van der Waals surface area contributed by atoms with Crippen LogP contribution < -0.4 is 26.6 Å². The number of hydrazine groups is 1. The van der Waals surface area contributed by atoms with Crippen molar-refractivity contribution in [3.8, 4) is 11.5 Å². The standard InChI is InChI=1S/C24H24N4O4/c1-15-3-12-21(16(2)13-15)26-14-22(29)27-28-24(31)18-6-10-20(11-7-18)32-19-8-4-17(5-9-19)23(25)30/h3-13,26H,14H2,1-2H3,(H2,25,30)(H,27,29)(H,28,31). The van der Waals surface area contributed by atoms with Crippen LogP contribution in [-0.2, 0) is 4.79 Å². The Balaban J connectivity index is 1.47. The van der Waals surface area contributed by atoms with Crippen LogP contribution in [0.3, 0.4) is 0 Å². The number of ether oxygens (including phenoxy) is 1. The molecule has 0 aliphatic heterocycles. The zero-order valence-electron chi connectivity index (χ0n) is 17.8. The van der Waals surface area contributed by atoms with Crippen molar-refractivity contribution >= 4 is 23.4 Å². The molecule has 5 N–H and O–H groups in total. The molecule has 8 heteroatoms. The number of rotatable bonds is 7. The number of amides is 3. The summed E-state index contributed by atoms with van der Waals surface area (Å²) in [6, 6.07) is 18.7. The lowest BCUT2D eigenvalue weighted by atomic mass is 10.1. The van der Waals surface area contributed by atoms with Gasteiger partial charge in [0.25, 0.3) is 11.8 Å². The molecule has 8 nitrogen and oxygen atoms in total. The van der Waals surface area contributed by atoms with E-state index in [1.807, 2.05) is 32.0 Å². The lowest BCUT2D eigenvalue weighted by Crippen LogP contribution is -2.44. The number of nitrogens with two attached hydrogens (primary N) is 1. The third-order valence-electron chi connectivity index (χ3n) is 4.63. The molecular weight excluding hydrogens is 408 g/mol. The minimum Gasteiger partial charge on any atom is -0.457 e. The highest BCUT2D eigenvalue weighted by molar-refractivity contribution is 5.96. The summed E-state index contributed by atoms with van der Waals surface area (Å²) in [5, 5.41) is 3.04. The normalized spacial score (nSPS) is 10.2. The molecule has 3 amide bonds. The number of hydrogen-bond donors (Lipinski definition) is 4. The highest BCUT2D eigenvalue weighted by Gasteiger charge is 2.09. The highest BCUT2D eigenvalue weighted by Crippen LogP contribution is 2.22. The molecule has 3 aromatic rings. The van der Waals surface area contributed by atoms with E-state index >= 15 is 0 Å². The summed E-state index contributed by atoms with van der Waals surface area (Å²) in [7, 11) is 0. The predicted octanol–water partition coefficient (Wildman–Crippen LogP) is 3.07. The first-order chi connectivity index (χ1) is 15.3. The number of primary amides is 1. The molecule has 3 rings (SSSR count). The minimum absolute atomic E-state index is 0.0193. The van der Waals surface area contributed by atoms with E-state index < -0.39 is 11.8 Å². The minimum atomic E-state index is -0.514. The summed E-state index contributed by atoms with van der Waals surface area (Å²) < 4.78 is 5.68. The monoisotopic (exact) mass is 432 g/mol. The van der Waals surface area contributed by atoms with Crippen molar-refractivity contribution in [3.63, 3.8) is 0 Å². The molecule has 0 aliphatic carbocycles. The molecule has 164 valence electrons. The predicted molar refractivity (Wildman–Crippen MR) is 121 cm³/mol. The lowest BCUT2D eigenvalue weighted by Gasteiger charge is -2.11. The van der Waals surface area contributed by atoms with Gasteiger partial charge in [0, 0.05) is 16.8 Å². The molecule has 0 spiro atoms. The number of carbonyl (C=O) groups is 3. The molecule has 0 bridgehead atoms. The Kier molecular flexibility index (Phi) is 7.07. The summed E-state index contributed by atoms with van der Waals surface area (Å²) in [6.07, 6.45) is 0. The van der Waals surface area contributed by atoms with E-state index in [4.69, 9.17) is 10.5 Å². The van der Waals surface area contributed by atoms with Gasteiger partial charge in [0.2, 0.25) is 5.91 Å². The van der Waals surface area contributed by atoms with Crippen molar-refractivity contribution < 1.29 is 19.1 Å². The quantitative estimate of drug-likeness (QED) is 0.428. The summed E-state index contributed by atoms with van der Waals surface area (Å²) in [5.41, 5.74) is 13.7. The van der Waals surface area contributed by atoms with E-state index in [2.05, 4.69) is 16.2 Å². The average molecular weight is 432 g/mol. The van der Waals surface area contributed by atoms with Crippen LogP contribution in [0.1, 0.15) is 31.8 Å². The Morgan fingerprint density at radius 1 is 0.812 bits per heavy atom. The number of aryl methyl sites for hydroxylation is 2. The van der Waals surface area contributed by atoms with Crippen LogP contribution in [-0.4, -0.2) is 24.3 Å². The average Bonchev–Trinajstić information content (AvgIpc) is 2.77. The van der Waals surface area contributed by atoms with E-state index in [0.29, 0.717) is 22.6 Å². The van der Waals surface area contributed by atoms with Crippen LogP contribution in [0.4, 0.5) is 5.69 Å². The Hall–Kier alpha value is -4.33. The van der Waals surface area contributed by atoms with E-state index in [9.17, 15) is 14.4 Å². The molecule has 0 atom stereocenters. The van der Waals surface area contributed by atoms with Crippen LogP contribution in [0.2, 0.25) is 0 Å². The van der Waals surface area contributed by atoms with Gasteiger partial charge in [0.15, 0.2) is 0 Å². The van der Waals surface area contributed by atoms with Crippen molar-refractivity contribution in [2.45, 2.75) is 13.8 Å². The number of anilines is 1. The van der Waals surface area contributed by atoms with Gasteiger partial charge in [-0.1, -0.05) is 17.7 Å². The fraction of sp³-hybridized carbons (Fsp3) is 0.125. The van der Waals surface area contributed by atoms with Gasteiger partial charge in [0.05, 0.1) is 6.54 Å². The topological polar surface area (TPSA) is 123 Å². The Morgan fingerprint density at radius 3 is 1.97 bits per heavy atom. The molecule has 0 saturated heterocycles. The fourth-order valence-electron chi connectivity index (χ4n) is 2.93. The highest BCUT2D eigenvalue weighted by atomic mass is 16.5. The third-order valence-corrected chi connectivity index (χ3v) is 4.63. The van der Waals surface area contributed by atoms with Gasteiger partial charge >= 0.3 is 0 Å². The summed E-state index contributed by atoms with van der Waals surface area (Å²) >= 11 is 0. The van der Waals surface area contributed by atoms with Gasteiger partial charge in [-0.3, -0.25) is 25.2 Å². The first-order valence-electron chi connectivity index (χ1n) is 9.90. The molecule has 0 saturated carbocycles. The maximum Gasteiger partial charge on any atom is 0.269 e. The van der Waals surface area contributed by atoms with Crippen molar-refractivity contribution in [1.29, 1.82) is 0 Å². The third kappa shape index (κ3) is 6.09. The van der Waals surface area contributed by atoms with Crippen LogP contribution in [0.25, 0.3) is 0 Å². The second-order valence-electron chi connectivity index (χ2n) is 7.19. The van der Waals surface area contributed by atoms with Crippen LogP contribution in [0.5, 0.6) is 11.5 Å². The summed E-state index contributed by atoms with van der Waals surface area (Å²) in [5.74, 6) is -0.314. The first-order valence-corrected chi connectivity index (χ1v) is 9.90. The second kappa shape index (κ2) is 10.1. The second-order valence-corrected chi connectivity index (χ2v) is 7.19. The fourth-order valence-corrected chi connectivity index (χ4v) is 2.93. The van der Waals surface area contributed by atoms with Crippen molar-refractivity contribution in [2.75, 3.05) is 11.9 Å². The van der Waals surface area contributed by atoms with Gasteiger partial charge < -0.3 is 15.8 Å². The van der Waals surface area contributed by atoms with Crippen molar-refractivity contribution in [3.05, 3.63) is 89.0 Å². The van der Waals surface area contributed by atoms with Crippen LogP contribution in [0.15, 0.2) is 66.7 Å². The molecule has 0 radical (unpaired) electrons. The van der Waals surface area contributed by atoms with Crippen LogP contribution in [0, 0.1) is 13.8 Å². The smallest absolute Gasteiger partial charge is 0.269 e. The Bertz CT molecular complexity index is 1130. The maximum atomic E-state index is 12.3. The zero-order chi connectivity index (χ0) is 23.1. The van der Waals surface area contributed by atoms with Crippen molar-refractivity contribution in [1.82, 2.24) is 10.9 Å². The van der Waals surface area contributed by atoms with Crippen LogP contribution >= 0.6 is 0 Å². The molecule has 0 aliphatic rings. The lowest BCUT2D eigenvalue weighted by molar-refractivity contribution is -0.120. The van der Waals surface area contributed by atoms with Gasteiger partial charge in [0.1, 0.15) is 11.5 Å². The summed E-state index contributed by atoms with van der Waals surface area (Å²) in [6.45, 7) is 3.98. The number of carbonyl (C=O) groups excluding carboxylic acids is 3. The van der Waals surface area contributed by atoms with Gasteiger partial charge in [-0.2, -0.15) is 0 Å². The Morgan fingerprint density at radius 2 is 1.41 bits per heavy atom. The SMILES string of the molecule is Cc1ccc(NCC(=O)NNC(=O)c2ccc(Oc3ccc(C(N)=O)cc3)cc2)c(C)c1. The van der Waals surface area contributed by atoms with Crippen molar-refractivity contribution in [2.24, 2.45) is 5.73 Å². The van der Waals surface area contributed by atoms with E-state index in [-0.39, 0.29) is 12.5 Å². The number of nitrogens with one attached hydrogen (secondary N) is 3. The van der Waals surface area contributed by atoms with E-state index in [0.717, 1.165) is 16.8 Å². The Labute approximate surface area is 185 Å². The number of benzene rings is 3. The van der Waals surface area contributed by atoms with E-state index in [1.54, 1.807) is 48.5 Å². The number of hydrogen-bond acceptors (Lipinski definition) is 5. The van der Waals surface area contributed by atoms with E-state index in [1.165, 1.54) is 0 Å². The van der Waals surface area contributed by atoms with Gasteiger partial charge in [-0.25, -0.2) is 0 Å². The molecule has 32 heavy (non-hydrogen) atoms. The van der Waals surface area contributed by atoms with Gasteiger partial charge in [-0.05, 0) is 74.0 Å². The molecular formula is C24H24N4O4. The zero-order valence-corrected chi connectivity index (χ0v) is 17.8. The molecule has 0 unspecified atom stereocenters. The van der Waals surface area contributed by atoms with Gasteiger partial charge in [-0.15, -0.1) is 0 Å². The maximum absolute atomic E-state index is 12.3. The molecule has 3 aromatic carbocycles. The summed E-state index contributed by atoms with van der Waals surface area (Å²) in [4.78, 5) is 35.4. The first kappa shape index (κ1) is 22.4.